The Morgan fingerprint density at radius 3 is 2.59 bits per heavy atom. The molecule has 0 saturated carbocycles. The smallest absolute Gasteiger partial charge is 0.338 e. The standard InChI is InChI=1S/C35H34N2O8S/c1-6-41-34(39)31-21(4)36-35-37(32(31)24-10-14-27(45-20(2)3)28(17-24)40-5)33(38)30(46-35)16-22-7-11-25(12-8-22)42-18-23-9-13-26-29(15-23)44-19-43-26/h7-17,20,32H,6,18-19H2,1-5H3/b30-16-/t32-/m0/s1. The van der Waals surface area contributed by atoms with Crippen molar-refractivity contribution in [3.8, 4) is 28.7 Å². The molecule has 1 aromatic heterocycles. The van der Waals surface area contributed by atoms with Crippen molar-refractivity contribution in [2.75, 3.05) is 20.5 Å². The highest BCUT2D eigenvalue weighted by molar-refractivity contribution is 7.07. The molecule has 1 atom stereocenters. The maximum Gasteiger partial charge on any atom is 0.338 e. The largest absolute Gasteiger partial charge is 0.493 e. The van der Waals surface area contributed by atoms with Crippen molar-refractivity contribution in [3.63, 3.8) is 0 Å². The molecular formula is C35H34N2O8S. The molecular weight excluding hydrogens is 608 g/mol. The molecule has 0 bridgehead atoms. The molecule has 0 saturated heterocycles. The predicted molar refractivity (Wildman–Crippen MR) is 172 cm³/mol. The van der Waals surface area contributed by atoms with Crippen LogP contribution in [0.15, 0.2) is 81.7 Å². The number of hydrogen-bond donors (Lipinski definition) is 0. The molecule has 2 aliphatic heterocycles. The number of rotatable bonds is 10. The van der Waals surface area contributed by atoms with Gasteiger partial charge in [0.15, 0.2) is 27.8 Å². The fourth-order valence-corrected chi connectivity index (χ4v) is 6.37. The van der Waals surface area contributed by atoms with E-state index in [2.05, 4.69) is 4.99 Å². The van der Waals surface area contributed by atoms with Gasteiger partial charge in [-0.1, -0.05) is 35.6 Å². The summed E-state index contributed by atoms with van der Waals surface area (Å²) in [5, 5.41) is 0. The fraction of sp³-hybridized carbons (Fsp3) is 0.286. The molecule has 3 aromatic carbocycles. The topological polar surface area (TPSA) is 107 Å². The highest BCUT2D eigenvalue weighted by atomic mass is 32.1. The Kier molecular flexibility index (Phi) is 8.85. The number of ether oxygens (including phenoxy) is 6. The van der Waals surface area contributed by atoms with Gasteiger partial charge < -0.3 is 28.4 Å². The molecule has 2 aliphatic rings. The van der Waals surface area contributed by atoms with E-state index in [1.54, 1.807) is 37.7 Å². The third-order valence-corrected chi connectivity index (χ3v) is 8.39. The molecule has 11 heteroatoms. The maximum atomic E-state index is 14.0. The van der Waals surface area contributed by atoms with Gasteiger partial charge in [-0.2, -0.15) is 0 Å². The average Bonchev–Trinajstić information content (AvgIpc) is 3.63. The van der Waals surface area contributed by atoms with Crippen molar-refractivity contribution >= 4 is 23.4 Å². The Balaban J connectivity index is 1.32. The van der Waals surface area contributed by atoms with Gasteiger partial charge in [-0.05, 0) is 86.9 Å². The lowest BCUT2D eigenvalue weighted by atomic mass is 9.95. The number of carbonyl (C=O) groups excluding carboxylic acids is 1. The molecule has 6 rings (SSSR count). The normalized spacial score (nSPS) is 15.4. The zero-order chi connectivity index (χ0) is 32.4. The third-order valence-electron chi connectivity index (χ3n) is 7.40. The van der Waals surface area contributed by atoms with Crippen molar-refractivity contribution in [2.45, 2.75) is 46.4 Å². The number of nitrogens with zero attached hydrogens (tertiary/aromatic N) is 2. The van der Waals surface area contributed by atoms with E-state index in [4.69, 9.17) is 28.4 Å². The Hall–Kier alpha value is -5.03. The van der Waals surface area contributed by atoms with E-state index >= 15 is 0 Å². The van der Waals surface area contributed by atoms with Crippen molar-refractivity contribution < 1.29 is 33.2 Å². The third kappa shape index (κ3) is 6.23. The second-order valence-corrected chi connectivity index (χ2v) is 11.9. The maximum absolute atomic E-state index is 14.0. The highest BCUT2D eigenvalue weighted by Crippen LogP contribution is 2.37. The van der Waals surface area contributed by atoms with Crippen LogP contribution in [-0.2, 0) is 16.1 Å². The average molecular weight is 643 g/mol. The summed E-state index contributed by atoms with van der Waals surface area (Å²) in [6.07, 6.45) is 1.75. The van der Waals surface area contributed by atoms with Crippen LogP contribution in [0.4, 0.5) is 0 Å². The molecule has 0 unspecified atom stereocenters. The molecule has 0 spiro atoms. The predicted octanol–water partition coefficient (Wildman–Crippen LogP) is 4.90. The van der Waals surface area contributed by atoms with Crippen LogP contribution in [0.25, 0.3) is 6.08 Å². The van der Waals surface area contributed by atoms with Gasteiger partial charge in [-0.15, -0.1) is 0 Å². The molecule has 10 nitrogen and oxygen atoms in total. The van der Waals surface area contributed by atoms with Crippen LogP contribution in [0.2, 0.25) is 0 Å². The van der Waals surface area contributed by atoms with Crippen LogP contribution in [-0.4, -0.2) is 37.1 Å². The van der Waals surface area contributed by atoms with Gasteiger partial charge >= 0.3 is 5.97 Å². The van der Waals surface area contributed by atoms with Crippen molar-refractivity contribution in [1.29, 1.82) is 0 Å². The van der Waals surface area contributed by atoms with Crippen LogP contribution in [0, 0.1) is 0 Å². The van der Waals surface area contributed by atoms with Crippen molar-refractivity contribution in [3.05, 3.63) is 108 Å². The summed E-state index contributed by atoms with van der Waals surface area (Å²) in [6.45, 7) is 8.13. The highest BCUT2D eigenvalue weighted by Gasteiger charge is 2.34. The molecule has 238 valence electrons. The first-order valence-corrected chi connectivity index (χ1v) is 15.7. The van der Waals surface area contributed by atoms with Crippen molar-refractivity contribution in [2.24, 2.45) is 4.99 Å². The number of benzene rings is 3. The number of thiazole rings is 1. The minimum atomic E-state index is -0.772. The quantitative estimate of drug-likeness (QED) is 0.225. The first kappa shape index (κ1) is 31.0. The van der Waals surface area contributed by atoms with Gasteiger partial charge in [-0.3, -0.25) is 9.36 Å². The lowest BCUT2D eigenvalue weighted by molar-refractivity contribution is -0.139. The fourth-order valence-electron chi connectivity index (χ4n) is 5.32. The molecule has 46 heavy (non-hydrogen) atoms. The number of fused-ring (bicyclic) bond motifs is 2. The monoisotopic (exact) mass is 642 g/mol. The van der Waals surface area contributed by atoms with E-state index in [0.717, 1.165) is 16.9 Å². The lowest BCUT2D eigenvalue weighted by Crippen LogP contribution is -2.40. The van der Waals surface area contributed by atoms with Gasteiger partial charge in [0.25, 0.3) is 5.56 Å². The van der Waals surface area contributed by atoms with Crippen LogP contribution in [0.5, 0.6) is 28.7 Å². The first-order chi connectivity index (χ1) is 22.2. The first-order valence-electron chi connectivity index (χ1n) is 14.9. The van der Waals surface area contributed by atoms with Gasteiger partial charge in [-0.25, -0.2) is 9.79 Å². The summed E-state index contributed by atoms with van der Waals surface area (Å²) in [7, 11) is 1.55. The summed E-state index contributed by atoms with van der Waals surface area (Å²) in [5.74, 6) is 2.65. The van der Waals surface area contributed by atoms with E-state index in [0.29, 0.717) is 55.8 Å². The van der Waals surface area contributed by atoms with E-state index in [9.17, 15) is 9.59 Å². The molecule has 4 aromatic rings. The van der Waals surface area contributed by atoms with Gasteiger partial charge in [0.1, 0.15) is 12.4 Å². The van der Waals surface area contributed by atoms with E-state index < -0.39 is 12.0 Å². The summed E-state index contributed by atoms with van der Waals surface area (Å²) in [4.78, 5) is 32.4. The Morgan fingerprint density at radius 2 is 1.85 bits per heavy atom. The van der Waals surface area contributed by atoms with Crippen LogP contribution in [0.1, 0.15) is 50.4 Å². The molecule has 0 amide bonds. The molecule has 0 fully saturated rings. The Morgan fingerprint density at radius 1 is 1.07 bits per heavy atom. The number of methoxy groups -OCH3 is 1. The van der Waals surface area contributed by atoms with Crippen LogP contribution < -0.4 is 38.6 Å². The van der Waals surface area contributed by atoms with Gasteiger partial charge in [0.2, 0.25) is 6.79 Å². The van der Waals surface area contributed by atoms with E-state index in [-0.39, 0.29) is 25.1 Å². The van der Waals surface area contributed by atoms with Gasteiger partial charge in [0, 0.05) is 0 Å². The number of esters is 1. The SMILES string of the molecule is CCOC(=O)C1=C(C)N=c2s/c(=C\c3ccc(OCc4ccc5c(c4)OCO5)cc3)c(=O)n2[C@H]1c1ccc(OC(C)C)c(OC)c1. The molecule has 0 radical (unpaired) electrons. The number of aromatic nitrogens is 1. The Labute approximate surface area is 269 Å². The summed E-state index contributed by atoms with van der Waals surface area (Å²) in [6, 6.07) is 17.8. The van der Waals surface area contributed by atoms with Crippen LogP contribution in [0.3, 0.4) is 0 Å². The Bertz CT molecular complexity index is 1990. The minimum Gasteiger partial charge on any atom is -0.493 e. The zero-order valence-electron chi connectivity index (χ0n) is 26.2. The number of hydrogen-bond acceptors (Lipinski definition) is 10. The molecule has 0 N–H and O–H groups in total. The second kappa shape index (κ2) is 13.1. The minimum absolute atomic E-state index is 0.0645. The number of carbonyl (C=O) groups is 1. The summed E-state index contributed by atoms with van der Waals surface area (Å²) < 4.78 is 35.8. The summed E-state index contributed by atoms with van der Waals surface area (Å²) in [5.41, 5.74) is 2.96. The summed E-state index contributed by atoms with van der Waals surface area (Å²) >= 11 is 1.26. The van der Waals surface area contributed by atoms with Crippen LogP contribution >= 0.6 is 11.3 Å². The zero-order valence-corrected chi connectivity index (χ0v) is 27.0. The lowest BCUT2D eigenvalue weighted by Gasteiger charge is -2.25. The number of allylic oxidation sites excluding steroid dienone is 1. The molecule has 3 heterocycles. The van der Waals surface area contributed by atoms with Crippen molar-refractivity contribution in [1.82, 2.24) is 4.57 Å². The molecule has 0 aliphatic carbocycles. The van der Waals surface area contributed by atoms with E-state index in [1.165, 1.54) is 11.3 Å². The van der Waals surface area contributed by atoms with E-state index in [1.807, 2.05) is 68.5 Å². The second-order valence-electron chi connectivity index (χ2n) is 10.9. The van der Waals surface area contributed by atoms with Gasteiger partial charge in [0.05, 0.1) is 41.7 Å².